The molecule has 0 saturated carbocycles. The van der Waals surface area contributed by atoms with Crippen molar-refractivity contribution < 1.29 is 23.3 Å². The van der Waals surface area contributed by atoms with E-state index in [0.29, 0.717) is 26.4 Å². The van der Waals surface area contributed by atoms with Crippen molar-refractivity contribution in [3.8, 4) is 5.75 Å². The van der Waals surface area contributed by atoms with Crippen LogP contribution in [0, 0.1) is 6.92 Å². The molecule has 1 unspecified atom stereocenters. The van der Waals surface area contributed by atoms with Crippen LogP contribution in [0.3, 0.4) is 0 Å². The van der Waals surface area contributed by atoms with Gasteiger partial charge in [-0.15, -0.1) is 0 Å². The molecule has 138 valence electrons. The standard InChI is InChI=1S/C16H28NO5PS/c1-6-17-23(24,21-7-2)22-11-10-20-14-8-9-15(13(3)12-14)16(18-4)19-5/h8-9,12,16H,6-7,10-11H2,1-5H3,(H,17,24). The molecule has 6 nitrogen and oxygen atoms in total. The van der Waals surface area contributed by atoms with Gasteiger partial charge in [0.25, 0.3) is 6.64 Å². The fourth-order valence-corrected chi connectivity index (χ4v) is 4.39. The first kappa shape index (κ1) is 21.5. The summed E-state index contributed by atoms with van der Waals surface area (Å²) in [6.07, 6.45) is -0.376. The molecule has 8 heteroatoms. The fourth-order valence-electron chi connectivity index (χ4n) is 2.16. The number of benzene rings is 1. The largest absolute Gasteiger partial charge is 0.491 e. The van der Waals surface area contributed by atoms with Crippen molar-refractivity contribution in [2.45, 2.75) is 27.1 Å². The quantitative estimate of drug-likeness (QED) is 0.340. The van der Waals surface area contributed by atoms with E-state index >= 15 is 0 Å². The highest BCUT2D eigenvalue weighted by atomic mass is 32.5. The van der Waals surface area contributed by atoms with Gasteiger partial charge in [0, 0.05) is 26.3 Å². The second-order valence-corrected chi connectivity index (χ2v) is 8.20. The predicted molar refractivity (Wildman–Crippen MR) is 99.0 cm³/mol. The van der Waals surface area contributed by atoms with Crippen LogP contribution in [0.4, 0.5) is 0 Å². The zero-order chi connectivity index (χ0) is 18.0. The maximum absolute atomic E-state index is 5.72. The predicted octanol–water partition coefficient (Wildman–Crippen LogP) is 3.55. The van der Waals surface area contributed by atoms with Crippen LogP contribution in [0.1, 0.15) is 31.3 Å². The molecule has 1 aromatic carbocycles. The summed E-state index contributed by atoms with van der Waals surface area (Å²) >= 11 is 5.40. The Morgan fingerprint density at radius 1 is 1.12 bits per heavy atom. The number of aryl methyl sites for hydroxylation is 1. The van der Waals surface area contributed by atoms with Gasteiger partial charge in [0.1, 0.15) is 12.4 Å². The first-order chi connectivity index (χ1) is 11.5. The van der Waals surface area contributed by atoms with E-state index in [1.807, 2.05) is 39.0 Å². The first-order valence-corrected chi connectivity index (χ1v) is 10.6. The van der Waals surface area contributed by atoms with Crippen molar-refractivity contribution >= 4 is 18.4 Å². The maximum atomic E-state index is 5.72. The van der Waals surface area contributed by atoms with Gasteiger partial charge < -0.3 is 23.3 Å². The molecule has 0 aliphatic carbocycles. The summed E-state index contributed by atoms with van der Waals surface area (Å²) in [6, 6.07) is 5.77. The molecule has 1 N–H and O–H groups in total. The molecule has 0 bridgehead atoms. The zero-order valence-electron chi connectivity index (χ0n) is 15.0. The van der Waals surface area contributed by atoms with E-state index in [0.717, 1.165) is 16.9 Å². The topological polar surface area (TPSA) is 58.2 Å². The Balaban J connectivity index is 2.53. The summed E-state index contributed by atoms with van der Waals surface area (Å²) in [7, 11) is 3.23. The molecule has 1 rings (SSSR count). The minimum absolute atomic E-state index is 0.365. The average molecular weight is 377 g/mol. The Kier molecular flexibility index (Phi) is 10.0. The highest BCUT2D eigenvalue weighted by Crippen LogP contribution is 2.43. The summed E-state index contributed by atoms with van der Waals surface area (Å²) < 4.78 is 27.5. The molecular weight excluding hydrogens is 349 g/mol. The monoisotopic (exact) mass is 377 g/mol. The molecule has 0 saturated heterocycles. The number of methoxy groups -OCH3 is 2. The van der Waals surface area contributed by atoms with Crippen molar-refractivity contribution in [1.82, 2.24) is 5.09 Å². The van der Waals surface area contributed by atoms with Crippen molar-refractivity contribution in [3.05, 3.63) is 29.3 Å². The number of hydrogen-bond donors (Lipinski definition) is 1. The molecule has 1 aromatic rings. The van der Waals surface area contributed by atoms with Gasteiger partial charge in [0.05, 0.1) is 13.2 Å². The normalized spacial score (nSPS) is 13.9. The van der Waals surface area contributed by atoms with Gasteiger partial charge in [0.15, 0.2) is 6.29 Å². The van der Waals surface area contributed by atoms with Gasteiger partial charge in [-0.05, 0) is 43.4 Å². The van der Waals surface area contributed by atoms with E-state index in [4.69, 9.17) is 35.1 Å². The minimum atomic E-state index is -2.41. The molecule has 1 atom stereocenters. The van der Waals surface area contributed by atoms with Crippen molar-refractivity contribution in [1.29, 1.82) is 0 Å². The Labute approximate surface area is 150 Å². The minimum Gasteiger partial charge on any atom is -0.491 e. The van der Waals surface area contributed by atoms with Crippen LogP contribution in [0.15, 0.2) is 18.2 Å². The number of ether oxygens (including phenoxy) is 3. The molecule has 0 heterocycles. The molecule has 0 aliphatic rings. The lowest BCUT2D eigenvalue weighted by atomic mass is 10.1. The third-order valence-electron chi connectivity index (χ3n) is 3.19. The second-order valence-electron chi connectivity index (χ2n) is 4.93. The molecule has 0 amide bonds. The Bertz CT molecular complexity index is 529. The molecular formula is C16H28NO5PS. The fraction of sp³-hybridized carbons (Fsp3) is 0.625. The highest BCUT2D eigenvalue weighted by Gasteiger charge is 2.17. The highest BCUT2D eigenvalue weighted by molar-refractivity contribution is 8.08. The third kappa shape index (κ3) is 6.76. The van der Waals surface area contributed by atoms with E-state index in [-0.39, 0.29) is 6.29 Å². The van der Waals surface area contributed by atoms with Crippen molar-refractivity contribution in [2.24, 2.45) is 0 Å². The van der Waals surface area contributed by atoms with Crippen LogP contribution in [0.25, 0.3) is 0 Å². The van der Waals surface area contributed by atoms with E-state index in [1.165, 1.54) is 0 Å². The Hall–Kier alpha value is -0.530. The van der Waals surface area contributed by atoms with Gasteiger partial charge in [0.2, 0.25) is 0 Å². The molecule has 0 radical (unpaired) electrons. The maximum Gasteiger partial charge on any atom is 0.261 e. The van der Waals surface area contributed by atoms with Gasteiger partial charge >= 0.3 is 0 Å². The molecule has 0 aromatic heterocycles. The average Bonchev–Trinajstić information content (AvgIpc) is 2.55. The van der Waals surface area contributed by atoms with E-state index in [2.05, 4.69) is 5.09 Å². The lowest BCUT2D eigenvalue weighted by Gasteiger charge is -2.22. The summed E-state index contributed by atoms with van der Waals surface area (Å²) in [5.74, 6) is 0.763. The van der Waals surface area contributed by atoms with E-state index in [9.17, 15) is 0 Å². The second kappa shape index (κ2) is 11.2. The third-order valence-corrected chi connectivity index (χ3v) is 6.03. The smallest absolute Gasteiger partial charge is 0.261 e. The van der Waals surface area contributed by atoms with Crippen LogP contribution in [0.2, 0.25) is 0 Å². The van der Waals surface area contributed by atoms with E-state index < -0.39 is 6.64 Å². The summed E-state index contributed by atoms with van der Waals surface area (Å²) in [4.78, 5) is 0. The van der Waals surface area contributed by atoms with Crippen LogP contribution >= 0.6 is 6.64 Å². The summed E-state index contributed by atoms with van der Waals surface area (Å²) in [6.45, 7) is 5.44. The van der Waals surface area contributed by atoms with E-state index in [1.54, 1.807) is 14.2 Å². The molecule has 0 fully saturated rings. The Morgan fingerprint density at radius 3 is 2.38 bits per heavy atom. The van der Waals surface area contributed by atoms with Crippen LogP contribution < -0.4 is 9.82 Å². The summed E-state index contributed by atoms with van der Waals surface area (Å²) in [5.41, 5.74) is 2.01. The van der Waals surface area contributed by atoms with Crippen LogP contribution in [0.5, 0.6) is 5.75 Å². The van der Waals surface area contributed by atoms with Gasteiger partial charge in [-0.3, -0.25) is 0 Å². The van der Waals surface area contributed by atoms with Crippen molar-refractivity contribution in [2.75, 3.05) is 40.6 Å². The van der Waals surface area contributed by atoms with Crippen molar-refractivity contribution in [3.63, 3.8) is 0 Å². The summed E-state index contributed by atoms with van der Waals surface area (Å²) in [5, 5.41) is 3.10. The lowest BCUT2D eigenvalue weighted by Crippen LogP contribution is -2.16. The van der Waals surface area contributed by atoms with Gasteiger partial charge in [-0.25, -0.2) is 5.09 Å². The first-order valence-electron chi connectivity index (χ1n) is 7.92. The molecule has 24 heavy (non-hydrogen) atoms. The Morgan fingerprint density at radius 2 is 1.83 bits per heavy atom. The number of hydrogen-bond acceptors (Lipinski definition) is 6. The van der Waals surface area contributed by atoms with Gasteiger partial charge in [-0.2, -0.15) is 0 Å². The molecule has 0 aliphatic heterocycles. The molecule has 0 spiro atoms. The SMILES string of the molecule is CCNP(=S)(OCC)OCCOc1ccc(C(OC)OC)c(C)c1. The number of rotatable bonds is 12. The van der Waals surface area contributed by atoms with Crippen LogP contribution in [-0.4, -0.2) is 40.6 Å². The lowest BCUT2D eigenvalue weighted by molar-refractivity contribution is -0.106. The van der Waals surface area contributed by atoms with Gasteiger partial charge in [-0.1, -0.05) is 13.0 Å². The van der Waals surface area contributed by atoms with Crippen LogP contribution in [-0.2, 0) is 30.3 Å². The zero-order valence-corrected chi connectivity index (χ0v) is 16.7. The number of nitrogens with one attached hydrogen (secondary N) is 1.